The number of methoxy groups -OCH3 is 1. The van der Waals surface area contributed by atoms with Crippen LogP contribution in [0, 0.1) is 0 Å². The number of carbonyl (C=O) groups excluding carboxylic acids is 1. The molecule has 2 aromatic carbocycles. The summed E-state index contributed by atoms with van der Waals surface area (Å²) >= 11 is 3.42. The smallest absolute Gasteiger partial charge is 0.220 e. The molecule has 2 rings (SSSR count). The Balaban J connectivity index is 1.79. The van der Waals surface area contributed by atoms with E-state index < -0.39 is 0 Å². The van der Waals surface area contributed by atoms with E-state index in [0.29, 0.717) is 19.4 Å². The van der Waals surface area contributed by atoms with E-state index in [-0.39, 0.29) is 5.91 Å². The predicted octanol–water partition coefficient (Wildman–Crippen LogP) is 3.71. The Morgan fingerprint density at radius 2 is 1.90 bits per heavy atom. The number of rotatable bonds is 6. The fraction of sp³-hybridized carbons (Fsp3) is 0.235. The van der Waals surface area contributed by atoms with Crippen molar-refractivity contribution < 1.29 is 9.53 Å². The van der Waals surface area contributed by atoms with Crippen LogP contribution < -0.4 is 10.1 Å². The molecule has 0 saturated heterocycles. The molecule has 1 N–H and O–H groups in total. The van der Waals surface area contributed by atoms with Crippen molar-refractivity contribution in [2.45, 2.75) is 19.4 Å². The topological polar surface area (TPSA) is 38.3 Å². The van der Waals surface area contributed by atoms with Crippen molar-refractivity contribution in [2.24, 2.45) is 0 Å². The molecule has 21 heavy (non-hydrogen) atoms. The Morgan fingerprint density at radius 1 is 1.14 bits per heavy atom. The summed E-state index contributed by atoms with van der Waals surface area (Å²) in [7, 11) is 1.64. The van der Waals surface area contributed by atoms with Gasteiger partial charge in [0.05, 0.1) is 7.11 Å². The maximum absolute atomic E-state index is 11.9. The number of halogens is 1. The van der Waals surface area contributed by atoms with Crippen LogP contribution in [0.25, 0.3) is 0 Å². The van der Waals surface area contributed by atoms with Crippen molar-refractivity contribution in [3.8, 4) is 5.75 Å². The summed E-state index contributed by atoms with van der Waals surface area (Å²) in [5.41, 5.74) is 2.19. The summed E-state index contributed by atoms with van der Waals surface area (Å²) in [6.07, 6.45) is 1.18. The fourth-order valence-corrected chi connectivity index (χ4v) is 2.47. The number of aryl methyl sites for hydroxylation is 1. The molecule has 0 aliphatic heterocycles. The lowest BCUT2D eigenvalue weighted by Gasteiger charge is -2.07. The number of nitrogens with one attached hydrogen (secondary N) is 1. The Bertz CT molecular complexity index is 613. The minimum Gasteiger partial charge on any atom is -0.497 e. The molecule has 0 radical (unpaired) electrons. The lowest BCUT2D eigenvalue weighted by Crippen LogP contribution is -2.22. The molecule has 0 aliphatic rings. The molecular weight excluding hydrogens is 330 g/mol. The van der Waals surface area contributed by atoms with Crippen LogP contribution in [0.3, 0.4) is 0 Å². The minimum absolute atomic E-state index is 0.0535. The predicted molar refractivity (Wildman–Crippen MR) is 87.3 cm³/mol. The van der Waals surface area contributed by atoms with Crippen molar-refractivity contribution in [2.75, 3.05) is 7.11 Å². The minimum atomic E-state index is 0.0535. The van der Waals surface area contributed by atoms with Gasteiger partial charge in [0.15, 0.2) is 0 Å². The summed E-state index contributed by atoms with van der Waals surface area (Å²) in [5, 5.41) is 2.93. The Morgan fingerprint density at radius 3 is 2.67 bits per heavy atom. The van der Waals surface area contributed by atoms with E-state index in [1.54, 1.807) is 7.11 Å². The first-order valence-electron chi connectivity index (χ1n) is 6.81. The van der Waals surface area contributed by atoms with Gasteiger partial charge >= 0.3 is 0 Å². The van der Waals surface area contributed by atoms with E-state index in [1.807, 2.05) is 48.5 Å². The van der Waals surface area contributed by atoms with E-state index in [9.17, 15) is 4.79 Å². The van der Waals surface area contributed by atoms with Crippen molar-refractivity contribution in [1.82, 2.24) is 5.32 Å². The van der Waals surface area contributed by atoms with Crippen molar-refractivity contribution >= 4 is 21.8 Å². The second-order valence-electron chi connectivity index (χ2n) is 4.76. The molecule has 0 spiro atoms. The van der Waals surface area contributed by atoms with Crippen LogP contribution >= 0.6 is 15.9 Å². The van der Waals surface area contributed by atoms with Crippen LogP contribution in [0.5, 0.6) is 5.75 Å². The van der Waals surface area contributed by atoms with Gasteiger partial charge < -0.3 is 10.1 Å². The average molecular weight is 348 g/mol. The van der Waals surface area contributed by atoms with Gasteiger partial charge in [-0.15, -0.1) is 0 Å². The molecule has 0 bridgehead atoms. The Hall–Kier alpha value is -1.81. The van der Waals surface area contributed by atoms with Gasteiger partial charge in [-0.2, -0.15) is 0 Å². The largest absolute Gasteiger partial charge is 0.497 e. The number of carbonyl (C=O) groups is 1. The van der Waals surface area contributed by atoms with Gasteiger partial charge in [-0.05, 0) is 41.8 Å². The summed E-state index contributed by atoms with van der Waals surface area (Å²) < 4.78 is 6.19. The number of benzene rings is 2. The third kappa shape index (κ3) is 5.23. The Labute approximate surface area is 133 Å². The van der Waals surface area contributed by atoms with Crippen LogP contribution in [0.1, 0.15) is 17.5 Å². The molecule has 110 valence electrons. The van der Waals surface area contributed by atoms with Gasteiger partial charge in [0.25, 0.3) is 0 Å². The van der Waals surface area contributed by atoms with Crippen molar-refractivity contribution in [1.29, 1.82) is 0 Å². The number of amides is 1. The van der Waals surface area contributed by atoms with Crippen LogP contribution in [-0.2, 0) is 17.8 Å². The summed E-state index contributed by atoms with van der Waals surface area (Å²) in [6.45, 7) is 0.552. The molecule has 3 nitrogen and oxygen atoms in total. The zero-order valence-electron chi connectivity index (χ0n) is 11.9. The lowest BCUT2D eigenvalue weighted by molar-refractivity contribution is -0.121. The van der Waals surface area contributed by atoms with Crippen molar-refractivity contribution in [3.63, 3.8) is 0 Å². The van der Waals surface area contributed by atoms with E-state index >= 15 is 0 Å². The molecule has 0 saturated carbocycles. The van der Waals surface area contributed by atoms with Crippen LogP contribution in [-0.4, -0.2) is 13.0 Å². The standard InChI is InChI=1S/C17H18BrNO2/c1-21-16-7-3-4-13(11-16)8-9-17(20)19-12-14-5-2-6-15(18)10-14/h2-7,10-11H,8-9,12H2,1H3,(H,19,20). The Kier molecular flexibility index (Phi) is 5.81. The molecule has 0 unspecified atom stereocenters. The first-order chi connectivity index (χ1) is 10.2. The first-order valence-corrected chi connectivity index (χ1v) is 7.61. The number of ether oxygens (including phenoxy) is 1. The molecule has 0 fully saturated rings. The van der Waals surface area contributed by atoms with Crippen LogP contribution in [0.4, 0.5) is 0 Å². The van der Waals surface area contributed by atoms with Gasteiger partial charge in [0.1, 0.15) is 5.75 Å². The van der Waals surface area contributed by atoms with Gasteiger partial charge in [-0.25, -0.2) is 0 Å². The molecule has 0 heterocycles. The zero-order valence-corrected chi connectivity index (χ0v) is 13.5. The maximum atomic E-state index is 11.9. The highest BCUT2D eigenvalue weighted by atomic mass is 79.9. The maximum Gasteiger partial charge on any atom is 0.220 e. The summed E-state index contributed by atoms with van der Waals surface area (Å²) in [4.78, 5) is 11.9. The third-order valence-electron chi connectivity index (χ3n) is 3.15. The second kappa shape index (κ2) is 7.84. The van der Waals surface area contributed by atoms with Crippen LogP contribution in [0.2, 0.25) is 0 Å². The average Bonchev–Trinajstić information content (AvgIpc) is 2.51. The third-order valence-corrected chi connectivity index (χ3v) is 3.65. The summed E-state index contributed by atoms with van der Waals surface area (Å²) in [5.74, 6) is 0.875. The highest BCUT2D eigenvalue weighted by Gasteiger charge is 2.03. The quantitative estimate of drug-likeness (QED) is 0.864. The highest BCUT2D eigenvalue weighted by Crippen LogP contribution is 2.14. The normalized spacial score (nSPS) is 10.2. The summed E-state index contributed by atoms with van der Waals surface area (Å²) in [6, 6.07) is 15.7. The van der Waals surface area contributed by atoms with E-state index in [1.165, 1.54) is 0 Å². The first kappa shape index (κ1) is 15.6. The zero-order chi connectivity index (χ0) is 15.1. The SMILES string of the molecule is COc1cccc(CCC(=O)NCc2cccc(Br)c2)c1. The van der Waals surface area contributed by atoms with Crippen LogP contribution in [0.15, 0.2) is 53.0 Å². The molecule has 0 aromatic heterocycles. The monoisotopic (exact) mass is 347 g/mol. The molecule has 1 amide bonds. The highest BCUT2D eigenvalue weighted by molar-refractivity contribution is 9.10. The van der Waals surface area contributed by atoms with Gasteiger partial charge in [0, 0.05) is 17.4 Å². The van der Waals surface area contributed by atoms with Crippen molar-refractivity contribution in [3.05, 3.63) is 64.1 Å². The molecule has 2 aromatic rings. The molecule has 4 heteroatoms. The van der Waals surface area contributed by atoms with E-state index in [2.05, 4.69) is 21.2 Å². The lowest BCUT2D eigenvalue weighted by atomic mass is 10.1. The van der Waals surface area contributed by atoms with E-state index in [4.69, 9.17) is 4.74 Å². The molecule has 0 atom stereocenters. The molecular formula is C17H18BrNO2. The van der Waals surface area contributed by atoms with Gasteiger partial charge in [-0.3, -0.25) is 4.79 Å². The van der Waals surface area contributed by atoms with Gasteiger partial charge in [-0.1, -0.05) is 40.2 Å². The second-order valence-corrected chi connectivity index (χ2v) is 5.67. The fourth-order valence-electron chi connectivity index (χ4n) is 2.02. The van der Waals surface area contributed by atoms with E-state index in [0.717, 1.165) is 21.3 Å². The molecule has 0 aliphatic carbocycles. The number of hydrogen-bond acceptors (Lipinski definition) is 2. The van der Waals surface area contributed by atoms with Gasteiger partial charge in [0.2, 0.25) is 5.91 Å². The number of hydrogen-bond donors (Lipinski definition) is 1.